The van der Waals surface area contributed by atoms with Crippen molar-refractivity contribution in [1.29, 1.82) is 10.5 Å². The smallest absolute Gasteiger partial charge is 0.410 e. The molecule has 0 unspecified atom stereocenters. The average Bonchev–Trinajstić information content (AvgIpc) is 2.93. The van der Waals surface area contributed by atoms with Crippen molar-refractivity contribution in [2.75, 3.05) is 36.4 Å². The molecule has 1 aliphatic rings. The summed E-state index contributed by atoms with van der Waals surface area (Å²) in [4.78, 5) is 36.6. The van der Waals surface area contributed by atoms with Gasteiger partial charge in [0, 0.05) is 49.7 Å². The zero-order chi connectivity index (χ0) is 29.7. The summed E-state index contributed by atoms with van der Waals surface area (Å²) in [5.41, 5.74) is 3.03. The maximum atomic E-state index is 12.4. The molecule has 2 aromatic carbocycles. The first kappa shape index (κ1) is 28.8. The molecule has 1 aromatic heterocycles. The van der Waals surface area contributed by atoms with Gasteiger partial charge in [0.1, 0.15) is 23.5 Å². The normalized spacial score (nSPS) is 13.1. The molecule has 0 saturated carbocycles. The van der Waals surface area contributed by atoms with Gasteiger partial charge in [0.2, 0.25) is 11.8 Å². The quantitative estimate of drug-likeness (QED) is 0.317. The van der Waals surface area contributed by atoms with Gasteiger partial charge in [-0.1, -0.05) is 0 Å². The first-order valence-corrected chi connectivity index (χ1v) is 13.1. The van der Waals surface area contributed by atoms with Crippen molar-refractivity contribution >= 4 is 29.2 Å². The number of anilines is 3. The Hall–Kier alpha value is -5.16. The lowest BCUT2D eigenvalue weighted by Gasteiger charge is -2.37. The molecule has 1 aliphatic heterocycles. The fourth-order valence-electron chi connectivity index (χ4n) is 4.44. The number of hydrogen-bond donors (Lipinski definition) is 1. The van der Waals surface area contributed by atoms with Crippen LogP contribution >= 0.6 is 0 Å². The monoisotopic (exact) mass is 553 g/mol. The van der Waals surface area contributed by atoms with Gasteiger partial charge in [-0.05, 0) is 76.1 Å². The Kier molecular flexibility index (Phi) is 8.39. The van der Waals surface area contributed by atoms with Gasteiger partial charge in [-0.2, -0.15) is 15.5 Å². The predicted octanol–water partition coefficient (Wildman–Crippen LogP) is 5.26. The molecule has 11 heteroatoms. The number of hydrogen-bond acceptors (Lipinski definition) is 10. The molecular weight excluding hydrogens is 522 g/mol. The van der Waals surface area contributed by atoms with E-state index in [0.29, 0.717) is 59.9 Å². The number of benzene rings is 2. The van der Waals surface area contributed by atoms with E-state index < -0.39 is 11.4 Å². The van der Waals surface area contributed by atoms with Crippen molar-refractivity contribution in [1.82, 2.24) is 14.9 Å². The lowest BCUT2D eigenvalue weighted by atomic mass is 10.0. The molecule has 2 heterocycles. The summed E-state index contributed by atoms with van der Waals surface area (Å²) in [5, 5.41) is 21.9. The Morgan fingerprint density at radius 3 is 2.29 bits per heavy atom. The van der Waals surface area contributed by atoms with Gasteiger partial charge in [0.05, 0.1) is 11.3 Å². The highest BCUT2D eigenvalue weighted by molar-refractivity contribution is 6.07. The number of nitrogens with one attached hydrogen (secondary N) is 1. The Morgan fingerprint density at radius 1 is 1.00 bits per heavy atom. The number of carbonyl (C=O) groups excluding carboxylic acids is 2. The fraction of sp³-hybridized carbons (Fsp3) is 0.333. The Labute approximate surface area is 238 Å². The van der Waals surface area contributed by atoms with E-state index in [1.165, 1.54) is 0 Å². The maximum absolute atomic E-state index is 12.4. The summed E-state index contributed by atoms with van der Waals surface area (Å²) in [6.45, 7) is 11.3. The average molecular weight is 554 g/mol. The fourth-order valence-corrected chi connectivity index (χ4v) is 4.44. The third-order valence-electron chi connectivity index (χ3n) is 6.31. The van der Waals surface area contributed by atoms with Crippen LogP contribution in [-0.4, -0.2) is 58.5 Å². The SMILES string of the molecule is Cc1cc(C(=O)C#N)cc(C)c1Oc1ccnc(Nc2ccc(N3CCN(C(=O)OC(C)(C)C)CC3)c(C#N)c2)n1. The van der Waals surface area contributed by atoms with Crippen LogP contribution < -0.4 is 15.0 Å². The van der Waals surface area contributed by atoms with E-state index in [-0.39, 0.29) is 17.9 Å². The first-order valence-electron chi connectivity index (χ1n) is 13.1. The number of amides is 1. The molecule has 0 aliphatic carbocycles. The maximum Gasteiger partial charge on any atom is 0.410 e. The summed E-state index contributed by atoms with van der Waals surface area (Å²) >= 11 is 0. The van der Waals surface area contributed by atoms with Gasteiger partial charge in [-0.15, -0.1) is 0 Å². The molecule has 1 N–H and O–H groups in total. The highest BCUT2D eigenvalue weighted by Gasteiger charge is 2.27. The van der Waals surface area contributed by atoms with Gasteiger partial charge < -0.3 is 24.6 Å². The van der Waals surface area contributed by atoms with Crippen LogP contribution in [0.4, 0.5) is 22.1 Å². The lowest BCUT2D eigenvalue weighted by molar-refractivity contribution is 0.0240. The van der Waals surface area contributed by atoms with Crippen molar-refractivity contribution in [3.8, 4) is 23.8 Å². The topological polar surface area (TPSA) is 144 Å². The van der Waals surface area contributed by atoms with E-state index in [2.05, 4.69) is 26.3 Å². The number of rotatable bonds is 6. The van der Waals surface area contributed by atoms with Crippen LogP contribution in [0, 0.1) is 36.5 Å². The van der Waals surface area contributed by atoms with Gasteiger partial charge in [-0.3, -0.25) is 4.79 Å². The van der Waals surface area contributed by atoms with E-state index in [9.17, 15) is 14.9 Å². The standard InChI is InChI=1S/C30H31N7O4/c1-19-14-21(25(38)18-32)15-20(2)27(19)40-26-8-9-33-28(35-26)34-23-6-7-24(22(16-23)17-31)36-10-12-37(13-11-36)29(39)41-30(3,4)5/h6-9,14-16H,10-13H2,1-5H3,(H,33,34,35). The van der Waals surface area contributed by atoms with Crippen molar-refractivity contribution < 1.29 is 19.1 Å². The Morgan fingerprint density at radius 2 is 1.68 bits per heavy atom. The molecule has 1 amide bonds. The molecule has 0 atom stereocenters. The molecule has 210 valence electrons. The molecular formula is C30H31N7O4. The second kappa shape index (κ2) is 11.9. The second-order valence-corrected chi connectivity index (χ2v) is 10.6. The van der Waals surface area contributed by atoms with Gasteiger partial charge in [-0.25, -0.2) is 9.78 Å². The van der Waals surface area contributed by atoms with Crippen LogP contribution in [0.3, 0.4) is 0 Å². The molecule has 3 aromatic rings. The van der Waals surface area contributed by atoms with Crippen molar-refractivity contribution in [3.05, 3.63) is 64.8 Å². The summed E-state index contributed by atoms with van der Waals surface area (Å²) < 4.78 is 11.5. The zero-order valence-electron chi connectivity index (χ0n) is 23.7. The summed E-state index contributed by atoms with van der Waals surface area (Å²) in [6.07, 6.45) is 1.21. The third-order valence-corrected chi connectivity index (χ3v) is 6.31. The molecule has 41 heavy (non-hydrogen) atoms. The molecule has 0 spiro atoms. The highest BCUT2D eigenvalue weighted by atomic mass is 16.6. The van der Waals surface area contributed by atoms with Crippen LogP contribution in [0.25, 0.3) is 0 Å². The number of ether oxygens (including phenoxy) is 2. The third kappa shape index (κ3) is 7.08. The zero-order valence-corrected chi connectivity index (χ0v) is 23.7. The van der Waals surface area contributed by atoms with Crippen LogP contribution in [-0.2, 0) is 4.74 Å². The van der Waals surface area contributed by atoms with E-state index >= 15 is 0 Å². The van der Waals surface area contributed by atoms with Crippen molar-refractivity contribution in [2.24, 2.45) is 0 Å². The number of ketones is 1. The van der Waals surface area contributed by atoms with Crippen molar-refractivity contribution in [3.63, 3.8) is 0 Å². The van der Waals surface area contributed by atoms with Gasteiger partial charge >= 0.3 is 6.09 Å². The molecule has 1 saturated heterocycles. The number of Topliss-reactive ketones (excluding diaryl/α,β-unsaturated/α-hetero) is 1. The van der Waals surface area contributed by atoms with E-state index in [0.717, 1.165) is 5.69 Å². The summed E-state index contributed by atoms with van der Waals surface area (Å²) in [7, 11) is 0. The minimum Gasteiger partial charge on any atom is -0.444 e. The molecule has 4 rings (SSSR count). The van der Waals surface area contributed by atoms with E-state index in [4.69, 9.17) is 14.7 Å². The number of aryl methyl sites for hydroxylation is 2. The number of nitriles is 2. The Bertz CT molecular complexity index is 1540. The van der Waals surface area contributed by atoms with Gasteiger partial charge in [0.15, 0.2) is 0 Å². The van der Waals surface area contributed by atoms with Crippen LogP contribution in [0.1, 0.15) is 47.8 Å². The first-order chi connectivity index (χ1) is 19.5. The number of piperazine rings is 1. The largest absolute Gasteiger partial charge is 0.444 e. The highest BCUT2D eigenvalue weighted by Crippen LogP contribution is 2.30. The lowest BCUT2D eigenvalue weighted by Crippen LogP contribution is -2.50. The van der Waals surface area contributed by atoms with Crippen molar-refractivity contribution in [2.45, 2.75) is 40.2 Å². The number of nitrogens with zero attached hydrogens (tertiary/aromatic N) is 6. The summed E-state index contributed by atoms with van der Waals surface area (Å²) in [6, 6.07) is 14.1. The minimum atomic E-state index is -0.609. The van der Waals surface area contributed by atoms with Crippen LogP contribution in [0.2, 0.25) is 0 Å². The van der Waals surface area contributed by atoms with E-state index in [1.54, 1.807) is 55.3 Å². The van der Waals surface area contributed by atoms with Gasteiger partial charge in [0.25, 0.3) is 5.78 Å². The van der Waals surface area contributed by atoms with E-state index in [1.807, 2.05) is 32.9 Å². The molecule has 0 radical (unpaired) electrons. The number of aromatic nitrogens is 2. The molecule has 11 nitrogen and oxygen atoms in total. The van der Waals surface area contributed by atoms with Crippen LogP contribution in [0.5, 0.6) is 11.6 Å². The Balaban J connectivity index is 1.44. The summed E-state index contributed by atoms with van der Waals surface area (Å²) in [5.74, 6) is 0.485. The number of carbonyl (C=O) groups is 2. The molecule has 1 fully saturated rings. The minimum absolute atomic E-state index is 0.275. The molecule has 0 bridgehead atoms. The predicted molar refractivity (Wildman–Crippen MR) is 152 cm³/mol. The second-order valence-electron chi connectivity index (χ2n) is 10.6. The van der Waals surface area contributed by atoms with Crippen LogP contribution in [0.15, 0.2) is 42.6 Å².